The number of carbonyl (C=O) groups excluding carboxylic acids is 4. The minimum atomic E-state index is -4.95. The molecule has 0 aromatic carbocycles. The summed E-state index contributed by atoms with van der Waals surface area (Å²) < 4.78 is 68.1. The summed E-state index contributed by atoms with van der Waals surface area (Å²) in [6.45, 7) is 9.39. The molecule has 0 saturated carbocycles. The van der Waals surface area contributed by atoms with Crippen LogP contribution in [-0.4, -0.2) is 96.7 Å². The minimum absolute atomic E-state index is 0.102. The van der Waals surface area contributed by atoms with Crippen molar-refractivity contribution in [1.29, 1.82) is 0 Å². The zero-order chi connectivity index (χ0) is 64.3. The first kappa shape index (κ1) is 85.1. The lowest BCUT2D eigenvalue weighted by molar-refractivity contribution is -0.161. The number of esters is 4. The monoisotopic (exact) mass is 1280 g/mol. The van der Waals surface area contributed by atoms with Crippen LogP contribution in [0.25, 0.3) is 0 Å². The number of unbranched alkanes of at least 4 members (excludes halogenated alkanes) is 37. The Morgan fingerprint density at radius 2 is 0.529 bits per heavy atom. The molecule has 0 fully saturated rings. The molecule has 0 aliphatic carbocycles. The molecule has 17 nitrogen and oxygen atoms in total. The molecule has 0 radical (unpaired) electrons. The van der Waals surface area contributed by atoms with Gasteiger partial charge in [0.25, 0.3) is 0 Å². The summed E-state index contributed by atoms with van der Waals surface area (Å²) >= 11 is 0. The fraction of sp³-hybridized carbons (Fsp3) is 0.941. The summed E-state index contributed by atoms with van der Waals surface area (Å²) in [6.07, 6.45) is 44.7. The lowest BCUT2D eigenvalue weighted by Crippen LogP contribution is -2.30. The van der Waals surface area contributed by atoms with Gasteiger partial charge >= 0.3 is 39.5 Å². The predicted octanol–water partition coefficient (Wildman–Crippen LogP) is 19.2. The molecule has 0 bridgehead atoms. The summed E-state index contributed by atoms with van der Waals surface area (Å²) in [5, 5.41) is 10.6. The number of phosphoric acid groups is 2. The molecule has 3 N–H and O–H groups in total. The molecule has 0 aromatic rings. The summed E-state index contributed by atoms with van der Waals surface area (Å²) in [6, 6.07) is 0. The molecule has 0 spiro atoms. The van der Waals surface area contributed by atoms with Crippen molar-refractivity contribution in [1.82, 2.24) is 0 Å². The van der Waals surface area contributed by atoms with Crippen molar-refractivity contribution in [2.45, 2.75) is 362 Å². The molecule has 5 atom stereocenters. The van der Waals surface area contributed by atoms with Crippen molar-refractivity contribution >= 4 is 39.5 Å². The standard InChI is InChI=1S/C68H132O17P2/c1-7-9-11-13-15-17-18-19-20-21-22-23-24-25-27-33-40-46-52-67(72)84-63(56-79-66(71)51-45-39-32-29-28-30-36-42-48-60(3)4)58-82-86(74,75)80-54-62(69)55-81-87(76,77)83-59-64(85-68(73)53-47-41-35-34-37-43-49-61(5)6)57-78-65(70)50-44-38-31-26-16-14-12-10-8-2/h60-64,69H,7-59H2,1-6H3,(H,74,75)(H,76,77)/t62-,63-,64-/m1/s1. The highest BCUT2D eigenvalue weighted by atomic mass is 31.2. The highest BCUT2D eigenvalue weighted by Crippen LogP contribution is 2.45. The van der Waals surface area contributed by atoms with E-state index in [2.05, 4.69) is 41.5 Å². The minimum Gasteiger partial charge on any atom is -0.462 e. The van der Waals surface area contributed by atoms with Crippen molar-refractivity contribution < 1.29 is 80.2 Å². The number of phosphoric ester groups is 2. The third-order valence-corrected chi connectivity index (χ3v) is 17.6. The predicted molar refractivity (Wildman–Crippen MR) is 349 cm³/mol. The van der Waals surface area contributed by atoms with E-state index >= 15 is 0 Å². The summed E-state index contributed by atoms with van der Waals surface area (Å²) in [4.78, 5) is 72.3. The van der Waals surface area contributed by atoms with Crippen LogP contribution in [-0.2, 0) is 65.4 Å². The second-order valence-electron chi connectivity index (χ2n) is 25.5. The Morgan fingerprint density at radius 3 is 0.782 bits per heavy atom. The maximum atomic E-state index is 13.0. The number of aliphatic hydroxyl groups is 1. The maximum absolute atomic E-state index is 13.0. The SMILES string of the molecule is CCCCCCCCCCCCCCCCCCCCC(=O)O[C@H](COC(=O)CCCCCCCCCCC(C)C)COP(=O)(O)OC[C@@H](O)COP(=O)(O)OC[C@@H](COC(=O)CCCCCCCCCCC)OC(=O)CCCCCCCCC(C)C. The van der Waals surface area contributed by atoms with Crippen LogP contribution < -0.4 is 0 Å². The molecule has 19 heteroatoms. The molecule has 0 amide bonds. The van der Waals surface area contributed by atoms with E-state index in [0.29, 0.717) is 31.6 Å². The Hall–Kier alpha value is -1.94. The average Bonchev–Trinajstić information content (AvgIpc) is 3.63. The van der Waals surface area contributed by atoms with Crippen LogP contribution in [0.5, 0.6) is 0 Å². The summed E-state index contributed by atoms with van der Waals surface area (Å²) in [5.74, 6) is -0.738. The smallest absolute Gasteiger partial charge is 0.462 e. The first-order valence-electron chi connectivity index (χ1n) is 35.5. The fourth-order valence-electron chi connectivity index (χ4n) is 10.2. The van der Waals surface area contributed by atoms with Gasteiger partial charge in [-0.15, -0.1) is 0 Å². The molecule has 0 heterocycles. The third-order valence-electron chi connectivity index (χ3n) is 15.7. The zero-order valence-electron chi connectivity index (χ0n) is 56.3. The van der Waals surface area contributed by atoms with Crippen molar-refractivity contribution in [2.75, 3.05) is 39.6 Å². The number of hydrogen-bond acceptors (Lipinski definition) is 15. The van der Waals surface area contributed by atoms with E-state index in [9.17, 15) is 43.2 Å². The average molecular weight is 1280 g/mol. The van der Waals surface area contributed by atoms with E-state index in [1.807, 2.05) is 0 Å². The van der Waals surface area contributed by atoms with Gasteiger partial charge in [-0.2, -0.15) is 0 Å². The molecule has 87 heavy (non-hydrogen) atoms. The fourth-order valence-corrected chi connectivity index (χ4v) is 11.8. The third kappa shape index (κ3) is 62.6. The van der Waals surface area contributed by atoms with Gasteiger partial charge in [0.05, 0.1) is 26.4 Å². The Balaban J connectivity index is 5.19. The van der Waals surface area contributed by atoms with Crippen LogP contribution in [0.1, 0.15) is 343 Å². The molecule has 0 rings (SSSR count). The second kappa shape index (κ2) is 60.3. The Labute approximate surface area is 530 Å². The van der Waals surface area contributed by atoms with Crippen LogP contribution >= 0.6 is 15.6 Å². The van der Waals surface area contributed by atoms with E-state index in [0.717, 1.165) is 95.8 Å². The quantitative estimate of drug-likeness (QED) is 0.0222. The van der Waals surface area contributed by atoms with Crippen LogP contribution in [0.15, 0.2) is 0 Å². The Morgan fingerprint density at radius 1 is 0.310 bits per heavy atom. The van der Waals surface area contributed by atoms with Gasteiger partial charge in [0.15, 0.2) is 12.2 Å². The van der Waals surface area contributed by atoms with E-state index in [4.69, 9.17) is 37.0 Å². The molecule has 516 valence electrons. The van der Waals surface area contributed by atoms with E-state index in [-0.39, 0.29) is 25.7 Å². The van der Waals surface area contributed by atoms with Gasteiger partial charge in [-0.05, 0) is 37.5 Å². The van der Waals surface area contributed by atoms with Crippen molar-refractivity contribution in [2.24, 2.45) is 11.8 Å². The summed E-state index contributed by atoms with van der Waals surface area (Å²) in [7, 11) is -9.89. The van der Waals surface area contributed by atoms with Crippen LogP contribution in [0, 0.1) is 11.8 Å². The zero-order valence-corrected chi connectivity index (χ0v) is 58.1. The van der Waals surface area contributed by atoms with Crippen molar-refractivity contribution in [3.05, 3.63) is 0 Å². The first-order chi connectivity index (χ1) is 41.9. The van der Waals surface area contributed by atoms with Crippen LogP contribution in [0.3, 0.4) is 0 Å². The Bertz CT molecular complexity index is 1700. The van der Waals surface area contributed by atoms with Gasteiger partial charge in [0.1, 0.15) is 19.3 Å². The van der Waals surface area contributed by atoms with Crippen LogP contribution in [0.2, 0.25) is 0 Å². The molecule has 0 aliphatic heterocycles. The lowest BCUT2D eigenvalue weighted by Gasteiger charge is -2.21. The number of hydrogen-bond donors (Lipinski definition) is 3. The van der Waals surface area contributed by atoms with Gasteiger partial charge < -0.3 is 33.8 Å². The number of rotatable bonds is 67. The van der Waals surface area contributed by atoms with Crippen molar-refractivity contribution in [3.8, 4) is 0 Å². The van der Waals surface area contributed by atoms with Crippen molar-refractivity contribution in [3.63, 3.8) is 0 Å². The van der Waals surface area contributed by atoms with Gasteiger partial charge in [0.2, 0.25) is 0 Å². The Kier molecular flexibility index (Phi) is 59.0. The molecule has 2 unspecified atom stereocenters. The second-order valence-corrected chi connectivity index (χ2v) is 28.4. The lowest BCUT2D eigenvalue weighted by atomic mass is 10.0. The highest BCUT2D eigenvalue weighted by molar-refractivity contribution is 7.47. The molecular formula is C68H132O17P2. The van der Waals surface area contributed by atoms with Gasteiger partial charge in [0, 0.05) is 25.7 Å². The van der Waals surface area contributed by atoms with E-state index in [1.165, 1.54) is 161 Å². The van der Waals surface area contributed by atoms with Gasteiger partial charge in [-0.3, -0.25) is 37.3 Å². The van der Waals surface area contributed by atoms with E-state index in [1.54, 1.807) is 0 Å². The van der Waals surface area contributed by atoms with Gasteiger partial charge in [-0.25, -0.2) is 9.13 Å². The van der Waals surface area contributed by atoms with Gasteiger partial charge in [-0.1, -0.05) is 292 Å². The van der Waals surface area contributed by atoms with E-state index < -0.39 is 97.5 Å². The summed E-state index contributed by atoms with van der Waals surface area (Å²) in [5.41, 5.74) is 0. The number of ether oxygens (including phenoxy) is 4. The molecular weight excluding hydrogens is 1150 g/mol. The molecule has 0 aliphatic rings. The highest BCUT2D eigenvalue weighted by Gasteiger charge is 2.30. The number of carbonyl (C=O) groups is 4. The van der Waals surface area contributed by atoms with Crippen LogP contribution in [0.4, 0.5) is 0 Å². The topological polar surface area (TPSA) is 237 Å². The largest absolute Gasteiger partial charge is 0.472 e. The number of aliphatic hydroxyl groups excluding tert-OH is 1. The normalized spacial score (nSPS) is 14.2. The molecule has 0 saturated heterocycles. The molecule has 0 aromatic heterocycles. The first-order valence-corrected chi connectivity index (χ1v) is 38.5. The maximum Gasteiger partial charge on any atom is 0.472 e.